The third-order valence-electron chi connectivity index (χ3n) is 3.61. The van der Waals surface area contributed by atoms with Crippen LogP contribution < -0.4 is 0 Å². The van der Waals surface area contributed by atoms with Gasteiger partial charge in [0, 0.05) is 0 Å². The van der Waals surface area contributed by atoms with E-state index in [4.69, 9.17) is 8.42 Å². The summed E-state index contributed by atoms with van der Waals surface area (Å²) in [5.74, 6) is 0. The van der Waals surface area contributed by atoms with Gasteiger partial charge in [0.15, 0.2) is 0 Å². The van der Waals surface area contributed by atoms with E-state index >= 15 is 0 Å². The lowest BCUT2D eigenvalue weighted by atomic mass is 9.88. The van der Waals surface area contributed by atoms with Crippen LogP contribution in [0, 0.1) is 5.41 Å². The molecule has 0 bridgehead atoms. The summed E-state index contributed by atoms with van der Waals surface area (Å²) in [6.45, 7) is 24.0. The van der Waals surface area contributed by atoms with E-state index in [1.807, 2.05) is 13.1 Å². The molecule has 0 saturated carbocycles. The summed E-state index contributed by atoms with van der Waals surface area (Å²) in [5.41, 5.74) is 4.72. The van der Waals surface area contributed by atoms with E-state index in [-0.39, 0.29) is 5.41 Å². The summed E-state index contributed by atoms with van der Waals surface area (Å²) < 4.78 is 36.4. The largest absolute Gasteiger partial charge is 0.387 e. The van der Waals surface area contributed by atoms with Gasteiger partial charge in [-0.25, -0.2) is 0 Å². The highest BCUT2D eigenvalue weighted by Crippen LogP contribution is 2.35. The summed E-state index contributed by atoms with van der Waals surface area (Å²) in [6, 6.07) is 0.536. The van der Waals surface area contributed by atoms with Crippen molar-refractivity contribution >= 4 is 34.9 Å². The predicted octanol–water partition coefficient (Wildman–Crippen LogP) is 5.26. The molecule has 0 radical (unpaired) electrons. The Balaban J connectivity index is 6.37. The van der Waals surface area contributed by atoms with Crippen LogP contribution in [0.3, 0.4) is 0 Å². The molecule has 142 valence electrons. The molecule has 0 unspecified atom stereocenters. The SMILES string of the molecule is CC(C)(C)C(=C=C([Si](C)(C)C)[Si](C)(C)C)C[Si](C)(C)OS(=O)(=O)O. The maximum atomic E-state index is 11.2. The number of allylic oxidation sites excluding steroid dienone is 1. The van der Waals surface area contributed by atoms with Crippen molar-refractivity contribution in [3.8, 4) is 0 Å². The summed E-state index contributed by atoms with van der Waals surface area (Å²) in [6.07, 6.45) is 0. The normalized spacial score (nSPS) is 14.3. The molecule has 0 aliphatic rings. The van der Waals surface area contributed by atoms with Gasteiger partial charge in [0.05, 0.1) is 16.1 Å². The molecule has 0 aromatic heterocycles. The Hall–Kier alpha value is 0.0406. The van der Waals surface area contributed by atoms with Gasteiger partial charge in [0.25, 0.3) is 0 Å². The molecule has 0 spiro atoms. The van der Waals surface area contributed by atoms with Gasteiger partial charge in [-0.2, -0.15) is 8.42 Å². The zero-order valence-corrected chi connectivity index (χ0v) is 21.1. The Morgan fingerprint density at radius 1 is 0.958 bits per heavy atom. The standard InChI is InChI=1S/C16H36O4SSi3/c1-16(2,3)14(13-24(10,11)20-21(17,18)19)12-15(22(4,5)6)23(7,8)9/h13H2,1-11H3,(H,17,18,19). The third-order valence-corrected chi connectivity index (χ3v) is 15.2. The molecule has 0 aliphatic heterocycles. The van der Waals surface area contributed by atoms with Crippen LogP contribution in [0.25, 0.3) is 0 Å². The van der Waals surface area contributed by atoms with Crippen molar-refractivity contribution in [3.05, 3.63) is 16.1 Å². The highest BCUT2D eigenvalue weighted by atomic mass is 32.3. The first-order valence-electron chi connectivity index (χ1n) is 8.34. The fraction of sp³-hybridized carbons (Fsp3) is 0.812. The van der Waals surface area contributed by atoms with E-state index in [0.717, 1.165) is 5.57 Å². The average Bonchev–Trinajstić information content (AvgIpc) is 2.14. The number of rotatable bonds is 6. The first kappa shape index (κ1) is 24.0. The Morgan fingerprint density at radius 3 is 1.58 bits per heavy atom. The number of hydrogen-bond acceptors (Lipinski definition) is 3. The Morgan fingerprint density at radius 2 is 1.33 bits per heavy atom. The van der Waals surface area contributed by atoms with Crippen molar-refractivity contribution in [3.63, 3.8) is 0 Å². The summed E-state index contributed by atoms with van der Waals surface area (Å²) in [4.78, 5) is 1.47. The second kappa shape index (κ2) is 7.34. The minimum absolute atomic E-state index is 0.128. The molecule has 0 aromatic carbocycles. The first-order valence-corrected chi connectivity index (χ1v) is 19.8. The second-order valence-corrected chi connectivity index (χ2v) is 26.1. The molecule has 4 nitrogen and oxygen atoms in total. The van der Waals surface area contributed by atoms with Crippen LogP contribution in [0.4, 0.5) is 0 Å². The topological polar surface area (TPSA) is 63.6 Å². The summed E-state index contributed by atoms with van der Waals surface area (Å²) in [7, 11) is -10.1. The minimum Gasteiger partial charge on any atom is -0.294 e. The first-order chi connectivity index (χ1) is 10.2. The lowest BCUT2D eigenvalue weighted by Gasteiger charge is -2.32. The molecule has 24 heavy (non-hydrogen) atoms. The van der Waals surface area contributed by atoms with Crippen molar-refractivity contribution in [1.82, 2.24) is 0 Å². The van der Waals surface area contributed by atoms with Crippen LogP contribution in [0.1, 0.15) is 20.8 Å². The molecular formula is C16H36O4SSi3. The van der Waals surface area contributed by atoms with Crippen molar-refractivity contribution in [1.29, 1.82) is 0 Å². The summed E-state index contributed by atoms with van der Waals surface area (Å²) >= 11 is 0. The van der Waals surface area contributed by atoms with E-state index in [0.29, 0.717) is 6.04 Å². The van der Waals surface area contributed by atoms with E-state index in [9.17, 15) is 8.42 Å². The maximum absolute atomic E-state index is 11.2. The Labute approximate surface area is 152 Å². The lowest BCUT2D eigenvalue weighted by Crippen LogP contribution is -2.40. The van der Waals surface area contributed by atoms with E-state index in [1.54, 1.807) is 0 Å². The van der Waals surface area contributed by atoms with Crippen molar-refractivity contribution < 1.29 is 16.8 Å². The van der Waals surface area contributed by atoms with Crippen LogP contribution in [0.15, 0.2) is 16.1 Å². The Bertz CT molecular complexity index is 608. The molecule has 0 aromatic rings. The quantitative estimate of drug-likeness (QED) is 0.370. The van der Waals surface area contributed by atoms with Gasteiger partial charge in [0.1, 0.15) is 0 Å². The fourth-order valence-corrected chi connectivity index (χ4v) is 16.9. The molecule has 0 heterocycles. The van der Waals surface area contributed by atoms with Gasteiger partial charge >= 0.3 is 10.4 Å². The van der Waals surface area contributed by atoms with Gasteiger partial charge in [-0.15, -0.1) is 5.73 Å². The smallest absolute Gasteiger partial charge is 0.294 e. The fourth-order valence-electron chi connectivity index (χ4n) is 2.89. The van der Waals surface area contributed by atoms with Crippen LogP contribution in [0.2, 0.25) is 58.4 Å². The van der Waals surface area contributed by atoms with Gasteiger partial charge < -0.3 is 0 Å². The summed E-state index contributed by atoms with van der Waals surface area (Å²) in [5, 5.41) is 0. The van der Waals surface area contributed by atoms with E-state index in [1.165, 1.54) is 4.82 Å². The molecule has 1 N–H and O–H groups in total. The van der Waals surface area contributed by atoms with Crippen molar-refractivity contribution in [2.75, 3.05) is 0 Å². The predicted molar refractivity (Wildman–Crippen MR) is 112 cm³/mol. The highest BCUT2D eigenvalue weighted by Gasteiger charge is 2.35. The highest BCUT2D eigenvalue weighted by molar-refractivity contribution is 7.82. The van der Waals surface area contributed by atoms with Crippen molar-refractivity contribution in [2.24, 2.45) is 5.41 Å². The molecule has 0 saturated heterocycles. The van der Waals surface area contributed by atoms with Crippen LogP contribution in [-0.2, 0) is 14.3 Å². The second-order valence-electron chi connectivity index (χ2n) is 10.2. The molecular weight excluding hydrogens is 372 g/mol. The minimum atomic E-state index is -4.43. The molecule has 8 heteroatoms. The van der Waals surface area contributed by atoms with Crippen LogP contribution in [0.5, 0.6) is 0 Å². The molecule has 0 aliphatic carbocycles. The van der Waals surface area contributed by atoms with Gasteiger partial charge in [-0.1, -0.05) is 64.9 Å². The average molecular weight is 409 g/mol. The zero-order valence-electron chi connectivity index (χ0n) is 17.3. The lowest BCUT2D eigenvalue weighted by molar-refractivity contribution is 0.382. The van der Waals surface area contributed by atoms with E-state index in [2.05, 4.69) is 65.8 Å². The van der Waals surface area contributed by atoms with Gasteiger partial charge in [-0.3, -0.25) is 8.42 Å². The van der Waals surface area contributed by atoms with E-state index < -0.39 is 34.9 Å². The van der Waals surface area contributed by atoms with Crippen LogP contribution in [-0.4, -0.2) is 37.4 Å². The van der Waals surface area contributed by atoms with Gasteiger partial charge in [-0.05, 0) is 30.1 Å². The molecule has 0 atom stereocenters. The van der Waals surface area contributed by atoms with Gasteiger partial charge in [0.2, 0.25) is 8.32 Å². The molecule has 0 fully saturated rings. The third kappa shape index (κ3) is 8.94. The maximum Gasteiger partial charge on any atom is 0.387 e. The van der Waals surface area contributed by atoms with Crippen LogP contribution >= 0.6 is 0 Å². The monoisotopic (exact) mass is 408 g/mol. The zero-order chi connectivity index (χ0) is 19.8. The molecule has 0 rings (SSSR count). The van der Waals surface area contributed by atoms with Crippen molar-refractivity contribution in [2.45, 2.75) is 79.2 Å². The Kier molecular flexibility index (Phi) is 7.36. The number of hydrogen-bond donors (Lipinski definition) is 1. The molecule has 0 amide bonds.